The van der Waals surface area contributed by atoms with Crippen molar-refractivity contribution in [2.75, 3.05) is 5.75 Å². The number of rotatable bonds is 7. The van der Waals surface area contributed by atoms with Crippen LogP contribution in [0.25, 0.3) is 11.4 Å². The van der Waals surface area contributed by atoms with Crippen LogP contribution in [0.5, 0.6) is 5.75 Å². The molecule has 1 heterocycles. The molecule has 0 radical (unpaired) electrons. The Kier molecular flexibility index (Phi) is 7.33. The molecular weight excluding hydrogens is 439 g/mol. The quantitative estimate of drug-likeness (QED) is 0.459. The molecule has 2 aromatic carbocycles. The number of hydrogen-bond acceptors (Lipinski definition) is 5. The Morgan fingerprint density at radius 3 is 2.55 bits per heavy atom. The van der Waals surface area contributed by atoms with Gasteiger partial charge in [0.05, 0.1) is 11.3 Å². The molecule has 1 aromatic heterocycles. The summed E-state index contributed by atoms with van der Waals surface area (Å²) in [7, 11) is 0. The van der Waals surface area contributed by atoms with Gasteiger partial charge in [0.2, 0.25) is 5.91 Å². The minimum Gasteiger partial charge on any atom is -0.507 e. The van der Waals surface area contributed by atoms with E-state index in [9.17, 15) is 14.3 Å². The number of amides is 1. The third-order valence-corrected chi connectivity index (χ3v) is 7.04. The number of thioether (sulfide) groups is 1. The van der Waals surface area contributed by atoms with E-state index in [1.807, 2.05) is 30.5 Å². The third kappa shape index (κ3) is 5.38. The fourth-order valence-electron chi connectivity index (χ4n) is 4.40. The first kappa shape index (κ1) is 23.3. The average Bonchev–Trinajstić information content (AvgIpc) is 3.24. The van der Waals surface area contributed by atoms with E-state index in [4.69, 9.17) is 0 Å². The number of nitrogens with zero attached hydrogens (tertiary/aromatic N) is 3. The largest absolute Gasteiger partial charge is 0.507 e. The van der Waals surface area contributed by atoms with Gasteiger partial charge in [0.15, 0.2) is 11.0 Å². The molecule has 2 N–H and O–H groups in total. The van der Waals surface area contributed by atoms with Gasteiger partial charge in [-0.05, 0) is 55.5 Å². The van der Waals surface area contributed by atoms with Crippen molar-refractivity contribution in [2.45, 2.75) is 63.7 Å². The van der Waals surface area contributed by atoms with Crippen molar-refractivity contribution in [1.29, 1.82) is 0 Å². The van der Waals surface area contributed by atoms with Crippen LogP contribution in [0.15, 0.2) is 41.6 Å². The molecule has 4 rings (SSSR count). The summed E-state index contributed by atoms with van der Waals surface area (Å²) in [5.41, 5.74) is 2.95. The number of phenolic OH excluding ortho intramolecular Hbond substituents is 1. The van der Waals surface area contributed by atoms with Gasteiger partial charge in [-0.25, -0.2) is 4.39 Å². The zero-order chi connectivity index (χ0) is 23.4. The molecule has 1 saturated carbocycles. The Hall–Kier alpha value is -2.87. The number of phenols is 1. The van der Waals surface area contributed by atoms with E-state index >= 15 is 0 Å². The van der Waals surface area contributed by atoms with Crippen LogP contribution < -0.4 is 5.32 Å². The number of halogens is 1. The molecule has 6 nitrogen and oxygen atoms in total. The Morgan fingerprint density at radius 2 is 1.85 bits per heavy atom. The van der Waals surface area contributed by atoms with Crippen molar-refractivity contribution in [1.82, 2.24) is 20.1 Å². The minimum absolute atomic E-state index is 0.117. The maximum absolute atomic E-state index is 14.5. The lowest BCUT2D eigenvalue weighted by Crippen LogP contribution is -2.25. The van der Waals surface area contributed by atoms with E-state index in [1.165, 1.54) is 24.2 Å². The maximum Gasteiger partial charge on any atom is 0.230 e. The van der Waals surface area contributed by atoms with E-state index in [-0.39, 0.29) is 29.3 Å². The molecule has 0 unspecified atom stereocenters. The van der Waals surface area contributed by atoms with Gasteiger partial charge in [-0.3, -0.25) is 9.36 Å². The highest BCUT2D eigenvalue weighted by atomic mass is 32.2. The molecule has 8 heteroatoms. The first-order valence-electron chi connectivity index (χ1n) is 11.3. The van der Waals surface area contributed by atoms with E-state index in [0.717, 1.165) is 42.4 Å². The molecule has 1 amide bonds. The molecule has 1 fully saturated rings. The van der Waals surface area contributed by atoms with Gasteiger partial charge in [0, 0.05) is 12.6 Å². The zero-order valence-corrected chi connectivity index (χ0v) is 19.8. The smallest absolute Gasteiger partial charge is 0.230 e. The lowest BCUT2D eigenvalue weighted by Gasteiger charge is -2.25. The van der Waals surface area contributed by atoms with E-state index in [2.05, 4.69) is 15.5 Å². The lowest BCUT2D eigenvalue weighted by atomic mass is 9.95. The number of nitrogens with one attached hydrogen (secondary N) is 1. The highest BCUT2D eigenvalue weighted by molar-refractivity contribution is 7.99. The summed E-state index contributed by atoms with van der Waals surface area (Å²) in [6, 6.07) is 10.6. The molecule has 0 atom stereocenters. The molecule has 0 saturated heterocycles. The standard InChI is InChI=1S/C25H29FN4O2S/c1-16-12-18(13-17(2)23(16)32)14-27-22(31)15-33-25-29-28-24(20-10-6-7-11-21(20)26)30(25)19-8-4-3-5-9-19/h6-7,10-13,19,32H,3-5,8-9,14-15H2,1-2H3,(H,27,31). The Bertz CT molecular complexity index is 1120. The number of aromatic hydroxyl groups is 1. The van der Waals surface area contributed by atoms with Crippen LogP contribution in [0.4, 0.5) is 4.39 Å². The number of benzene rings is 2. The second-order valence-corrected chi connectivity index (χ2v) is 9.53. The summed E-state index contributed by atoms with van der Waals surface area (Å²) in [6.07, 6.45) is 5.44. The molecule has 3 aromatic rings. The zero-order valence-electron chi connectivity index (χ0n) is 19.0. The normalized spacial score (nSPS) is 14.4. The molecule has 1 aliphatic rings. The van der Waals surface area contributed by atoms with Gasteiger partial charge < -0.3 is 10.4 Å². The predicted molar refractivity (Wildman–Crippen MR) is 128 cm³/mol. The predicted octanol–water partition coefficient (Wildman–Crippen LogP) is 5.32. The second-order valence-electron chi connectivity index (χ2n) is 8.59. The summed E-state index contributed by atoms with van der Waals surface area (Å²) >= 11 is 1.33. The summed E-state index contributed by atoms with van der Waals surface area (Å²) in [6.45, 7) is 4.07. The van der Waals surface area contributed by atoms with Gasteiger partial charge in [-0.2, -0.15) is 0 Å². The molecule has 0 aliphatic heterocycles. The van der Waals surface area contributed by atoms with E-state index < -0.39 is 0 Å². The number of aryl methyl sites for hydroxylation is 2. The Morgan fingerprint density at radius 1 is 1.15 bits per heavy atom. The van der Waals surface area contributed by atoms with Gasteiger partial charge in [0.1, 0.15) is 11.6 Å². The van der Waals surface area contributed by atoms with Gasteiger partial charge in [0.25, 0.3) is 0 Å². The highest BCUT2D eigenvalue weighted by Crippen LogP contribution is 2.36. The Labute approximate surface area is 197 Å². The summed E-state index contributed by atoms with van der Waals surface area (Å²) < 4.78 is 16.6. The third-order valence-electron chi connectivity index (χ3n) is 6.09. The monoisotopic (exact) mass is 468 g/mol. The van der Waals surface area contributed by atoms with Crippen molar-refractivity contribution < 1.29 is 14.3 Å². The fraction of sp³-hybridized carbons (Fsp3) is 0.400. The van der Waals surface area contributed by atoms with Crippen LogP contribution in [-0.4, -0.2) is 31.5 Å². The van der Waals surface area contributed by atoms with Crippen molar-refractivity contribution in [3.63, 3.8) is 0 Å². The van der Waals surface area contributed by atoms with Crippen LogP contribution in [0, 0.1) is 19.7 Å². The van der Waals surface area contributed by atoms with Crippen molar-refractivity contribution in [3.05, 3.63) is 58.9 Å². The van der Waals surface area contributed by atoms with Crippen LogP contribution >= 0.6 is 11.8 Å². The fourth-order valence-corrected chi connectivity index (χ4v) is 5.23. The molecule has 174 valence electrons. The van der Waals surface area contributed by atoms with E-state index in [1.54, 1.807) is 18.2 Å². The van der Waals surface area contributed by atoms with Crippen molar-refractivity contribution in [3.8, 4) is 17.1 Å². The van der Waals surface area contributed by atoms with Gasteiger partial charge in [-0.15, -0.1) is 10.2 Å². The molecule has 1 aliphatic carbocycles. The lowest BCUT2D eigenvalue weighted by molar-refractivity contribution is -0.118. The SMILES string of the molecule is Cc1cc(CNC(=O)CSc2nnc(-c3ccccc3F)n2C2CCCCC2)cc(C)c1O. The van der Waals surface area contributed by atoms with Crippen LogP contribution in [-0.2, 0) is 11.3 Å². The maximum atomic E-state index is 14.5. The van der Waals surface area contributed by atoms with E-state index in [0.29, 0.717) is 23.1 Å². The minimum atomic E-state index is -0.323. The molecular formula is C25H29FN4O2S. The van der Waals surface area contributed by atoms with Gasteiger partial charge in [-0.1, -0.05) is 55.3 Å². The number of hydrogen-bond donors (Lipinski definition) is 2. The highest BCUT2D eigenvalue weighted by Gasteiger charge is 2.25. The number of aromatic nitrogens is 3. The summed E-state index contributed by atoms with van der Waals surface area (Å²) in [4.78, 5) is 12.5. The summed E-state index contributed by atoms with van der Waals surface area (Å²) in [5, 5.41) is 22.2. The number of carbonyl (C=O) groups is 1. The molecule has 0 spiro atoms. The molecule has 33 heavy (non-hydrogen) atoms. The number of carbonyl (C=O) groups excluding carboxylic acids is 1. The molecule has 0 bridgehead atoms. The van der Waals surface area contributed by atoms with Crippen molar-refractivity contribution in [2.24, 2.45) is 0 Å². The first-order chi connectivity index (χ1) is 15.9. The van der Waals surface area contributed by atoms with Crippen LogP contribution in [0.2, 0.25) is 0 Å². The van der Waals surface area contributed by atoms with Gasteiger partial charge >= 0.3 is 0 Å². The van der Waals surface area contributed by atoms with Crippen molar-refractivity contribution >= 4 is 17.7 Å². The Balaban J connectivity index is 1.47. The summed E-state index contributed by atoms with van der Waals surface area (Å²) in [5.74, 6) is 0.564. The topological polar surface area (TPSA) is 80.0 Å². The second kappa shape index (κ2) is 10.4. The van der Waals surface area contributed by atoms with Crippen LogP contribution in [0.3, 0.4) is 0 Å². The first-order valence-corrected chi connectivity index (χ1v) is 12.3. The average molecular weight is 469 g/mol. The van der Waals surface area contributed by atoms with Crippen LogP contribution in [0.1, 0.15) is 54.8 Å².